The zero-order chi connectivity index (χ0) is 17.0. The van der Waals surface area contributed by atoms with Gasteiger partial charge in [0.25, 0.3) is 0 Å². The van der Waals surface area contributed by atoms with E-state index in [1.807, 2.05) is 32.6 Å². The Kier molecular flexibility index (Phi) is 5.79. The van der Waals surface area contributed by atoms with Crippen LogP contribution in [0.3, 0.4) is 0 Å². The number of nitrogens with zero attached hydrogens (tertiary/aromatic N) is 2. The van der Waals surface area contributed by atoms with Crippen molar-refractivity contribution in [3.8, 4) is 0 Å². The summed E-state index contributed by atoms with van der Waals surface area (Å²) in [6.45, 7) is 8.97. The highest BCUT2D eigenvalue weighted by molar-refractivity contribution is 7.09. The lowest BCUT2D eigenvalue weighted by molar-refractivity contribution is -0.156. The summed E-state index contributed by atoms with van der Waals surface area (Å²) in [6.07, 6.45) is 2.43. The van der Waals surface area contributed by atoms with Crippen LogP contribution in [0.5, 0.6) is 0 Å². The maximum Gasteiger partial charge on any atom is 0.306 e. The minimum absolute atomic E-state index is 0.0360. The molecule has 1 amide bonds. The number of piperidine rings is 1. The summed E-state index contributed by atoms with van der Waals surface area (Å²) in [6, 6.07) is 0. The molecule has 1 saturated heterocycles. The number of aryl methyl sites for hydroxylation is 1. The number of aromatic nitrogens is 1. The summed E-state index contributed by atoms with van der Waals surface area (Å²) in [4.78, 5) is 30.5. The number of amides is 1. The fourth-order valence-corrected chi connectivity index (χ4v) is 3.65. The van der Waals surface area contributed by atoms with Gasteiger partial charge in [-0.2, -0.15) is 0 Å². The van der Waals surface area contributed by atoms with Gasteiger partial charge in [-0.15, -0.1) is 11.3 Å². The van der Waals surface area contributed by atoms with Gasteiger partial charge < -0.3 is 9.64 Å². The quantitative estimate of drug-likeness (QED) is 0.791. The van der Waals surface area contributed by atoms with Gasteiger partial charge >= 0.3 is 5.97 Å². The predicted octanol–water partition coefficient (Wildman–Crippen LogP) is 3.28. The van der Waals surface area contributed by atoms with Crippen LogP contribution in [0.25, 0.3) is 0 Å². The van der Waals surface area contributed by atoms with E-state index in [4.69, 9.17) is 4.74 Å². The summed E-state index contributed by atoms with van der Waals surface area (Å²) < 4.78 is 5.25. The van der Waals surface area contributed by atoms with Gasteiger partial charge in [-0.25, -0.2) is 4.98 Å². The van der Waals surface area contributed by atoms with E-state index in [0.717, 1.165) is 30.1 Å². The molecule has 5 nitrogen and oxygen atoms in total. The zero-order valence-electron chi connectivity index (χ0n) is 14.4. The van der Waals surface area contributed by atoms with Crippen LogP contribution >= 0.6 is 11.3 Å². The highest BCUT2D eigenvalue weighted by Gasteiger charge is 2.27. The minimum Gasteiger partial charge on any atom is -0.460 e. The number of thiazole rings is 1. The van der Waals surface area contributed by atoms with Crippen molar-refractivity contribution in [1.82, 2.24) is 9.88 Å². The second kappa shape index (κ2) is 7.43. The molecule has 1 aliphatic rings. The van der Waals surface area contributed by atoms with E-state index in [-0.39, 0.29) is 24.7 Å². The smallest absolute Gasteiger partial charge is 0.306 e. The number of carbonyl (C=O) groups is 2. The van der Waals surface area contributed by atoms with Crippen molar-refractivity contribution >= 4 is 23.2 Å². The van der Waals surface area contributed by atoms with E-state index in [1.54, 1.807) is 11.3 Å². The van der Waals surface area contributed by atoms with Crippen molar-refractivity contribution in [2.75, 3.05) is 13.1 Å². The van der Waals surface area contributed by atoms with Gasteiger partial charge in [0, 0.05) is 36.5 Å². The molecule has 0 saturated carbocycles. The molecule has 0 bridgehead atoms. The number of hydrogen-bond donors (Lipinski definition) is 0. The molecule has 1 aliphatic heterocycles. The van der Waals surface area contributed by atoms with E-state index < -0.39 is 5.60 Å². The topological polar surface area (TPSA) is 59.5 Å². The first-order valence-electron chi connectivity index (χ1n) is 8.16. The molecule has 1 fully saturated rings. The van der Waals surface area contributed by atoms with Crippen LogP contribution in [0.15, 0.2) is 5.38 Å². The molecule has 0 unspecified atom stereocenters. The molecule has 23 heavy (non-hydrogen) atoms. The first-order chi connectivity index (χ1) is 10.7. The molecule has 1 aromatic heterocycles. The van der Waals surface area contributed by atoms with Gasteiger partial charge in [0.2, 0.25) is 5.91 Å². The van der Waals surface area contributed by atoms with Gasteiger partial charge in [-0.3, -0.25) is 9.59 Å². The zero-order valence-corrected chi connectivity index (χ0v) is 15.2. The predicted molar refractivity (Wildman–Crippen MR) is 90.5 cm³/mol. The second-order valence-corrected chi connectivity index (χ2v) is 7.98. The maximum absolute atomic E-state index is 12.4. The normalized spacial score (nSPS) is 18.8. The minimum atomic E-state index is -0.501. The van der Waals surface area contributed by atoms with E-state index in [2.05, 4.69) is 10.4 Å². The maximum atomic E-state index is 12.4. The number of ether oxygens (including phenoxy) is 1. The SMILES string of the molecule is Cc1csc([C@H]2CCCN(C(=O)CCC(=O)OC(C)(C)C)C2)n1. The number of hydrogen-bond acceptors (Lipinski definition) is 5. The molecular formula is C17H26N2O3S. The van der Waals surface area contributed by atoms with Crippen molar-refractivity contribution in [1.29, 1.82) is 0 Å². The fourth-order valence-electron chi connectivity index (χ4n) is 2.72. The highest BCUT2D eigenvalue weighted by atomic mass is 32.1. The van der Waals surface area contributed by atoms with Crippen LogP contribution in [0, 0.1) is 6.92 Å². The van der Waals surface area contributed by atoms with Crippen molar-refractivity contribution < 1.29 is 14.3 Å². The Hall–Kier alpha value is -1.43. The van der Waals surface area contributed by atoms with Crippen LogP contribution in [0.4, 0.5) is 0 Å². The van der Waals surface area contributed by atoms with Gasteiger partial charge in [0.05, 0.1) is 11.4 Å². The summed E-state index contributed by atoms with van der Waals surface area (Å²) in [5.74, 6) is 0.0525. The first kappa shape index (κ1) is 17.9. The first-order valence-corrected chi connectivity index (χ1v) is 9.04. The average molecular weight is 338 g/mol. The average Bonchev–Trinajstić information content (AvgIpc) is 2.90. The van der Waals surface area contributed by atoms with Gasteiger partial charge in [0.1, 0.15) is 5.60 Å². The Morgan fingerprint density at radius 1 is 1.39 bits per heavy atom. The number of carbonyl (C=O) groups excluding carboxylic acids is 2. The Labute approximate surface area is 142 Å². The third-order valence-corrected chi connectivity index (χ3v) is 4.85. The summed E-state index contributed by atoms with van der Waals surface area (Å²) >= 11 is 1.67. The molecular weight excluding hydrogens is 312 g/mol. The Morgan fingerprint density at radius 3 is 2.74 bits per heavy atom. The fraction of sp³-hybridized carbons (Fsp3) is 0.706. The highest BCUT2D eigenvalue weighted by Crippen LogP contribution is 2.29. The Balaban J connectivity index is 1.83. The lowest BCUT2D eigenvalue weighted by atomic mass is 9.98. The van der Waals surface area contributed by atoms with Crippen molar-refractivity contribution in [3.63, 3.8) is 0 Å². The summed E-state index contributed by atoms with van der Waals surface area (Å²) in [5.41, 5.74) is 0.539. The van der Waals surface area contributed by atoms with E-state index >= 15 is 0 Å². The van der Waals surface area contributed by atoms with Crippen LogP contribution in [0.1, 0.15) is 63.1 Å². The molecule has 2 rings (SSSR count). The van der Waals surface area contributed by atoms with Crippen LogP contribution in [0.2, 0.25) is 0 Å². The van der Waals surface area contributed by atoms with E-state index in [1.165, 1.54) is 0 Å². The van der Waals surface area contributed by atoms with E-state index in [9.17, 15) is 9.59 Å². The molecule has 1 aromatic rings. The van der Waals surface area contributed by atoms with Crippen molar-refractivity contribution in [3.05, 3.63) is 16.1 Å². The lowest BCUT2D eigenvalue weighted by Gasteiger charge is -2.32. The van der Waals surface area contributed by atoms with Crippen LogP contribution < -0.4 is 0 Å². The van der Waals surface area contributed by atoms with Crippen LogP contribution in [-0.2, 0) is 14.3 Å². The van der Waals surface area contributed by atoms with Gasteiger partial charge in [-0.1, -0.05) is 0 Å². The van der Waals surface area contributed by atoms with Gasteiger partial charge in [-0.05, 0) is 40.5 Å². The lowest BCUT2D eigenvalue weighted by Crippen LogP contribution is -2.39. The monoisotopic (exact) mass is 338 g/mol. The van der Waals surface area contributed by atoms with E-state index in [0.29, 0.717) is 12.5 Å². The molecule has 0 aromatic carbocycles. The van der Waals surface area contributed by atoms with Gasteiger partial charge in [0.15, 0.2) is 0 Å². The third kappa shape index (κ3) is 5.61. The Bertz CT molecular complexity index is 562. The summed E-state index contributed by atoms with van der Waals surface area (Å²) in [5, 5.41) is 3.17. The number of esters is 1. The van der Waals surface area contributed by atoms with Crippen LogP contribution in [-0.4, -0.2) is 40.5 Å². The standard InChI is InChI=1S/C17H26N2O3S/c1-12-11-23-16(18-12)13-6-5-9-19(10-13)14(20)7-8-15(21)22-17(2,3)4/h11,13H,5-10H2,1-4H3/t13-/m0/s1. The molecule has 0 spiro atoms. The molecule has 6 heteroatoms. The molecule has 128 valence electrons. The summed E-state index contributed by atoms with van der Waals surface area (Å²) in [7, 11) is 0. The molecule has 1 atom stereocenters. The Morgan fingerprint density at radius 2 is 2.13 bits per heavy atom. The molecule has 0 aliphatic carbocycles. The van der Waals surface area contributed by atoms with Crippen molar-refractivity contribution in [2.24, 2.45) is 0 Å². The number of likely N-dealkylation sites (tertiary alicyclic amines) is 1. The molecule has 2 heterocycles. The largest absolute Gasteiger partial charge is 0.460 e. The second-order valence-electron chi connectivity index (χ2n) is 7.09. The molecule has 0 N–H and O–H groups in total. The number of rotatable bonds is 4. The molecule has 0 radical (unpaired) electrons. The third-order valence-electron chi connectivity index (χ3n) is 3.72. The van der Waals surface area contributed by atoms with Crippen molar-refractivity contribution in [2.45, 2.75) is 64.9 Å².